The smallest absolute Gasteiger partial charge is 0.0632 e. The number of aromatic nitrogens is 1. The van der Waals surface area contributed by atoms with E-state index in [0.29, 0.717) is 0 Å². The summed E-state index contributed by atoms with van der Waals surface area (Å²) in [6.07, 6.45) is 1.32. The van der Waals surface area contributed by atoms with E-state index in [1.807, 2.05) is 0 Å². The molecule has 0 amide bonds. The Morgan fingerprint density at radius 1 is 1.30 bits per heavy atom. The van der Waals surface area contributed by atoms with Crippen molar-refractivity contribution in [3.8, 4) is 0 Å². The minimum absolute atomic E-state index is 0.743. The molecule has 10 heavy (non-hydrogen) atoms. The van der Waals surface area contributed by atoms with Crippen LogP contribution in [0.1, 0.15) is 42.3 Å². The quantitative estimate of drug-likeness (QED) is 0.477. The Hall–Kier alpha value is -0.720. The monoisotopic (exact) mass is 133 g/mol. The summed E-state index contributed by atoms with van der Waals surface area (Å²) in [5.41, 5.74) is 6.63. The Labute approximate surface area is 60.7 Å². The van der Waals surface area contributed by atoms with Gasteiger partial charge in [-0.3, -0.25) is 0 Å². The molecule has 52 valence electrons. The molecule has 0 atom stereocenters. The molecule has 0 N–H and O–H groups in total. The van der Waals surface area contributed by atoms with Crippen LogP contribution in [-0.2, 0) is 13.0 Å². The lowest BCUT2D eigenvalue weighted by Gasteiger charge is -2.02. The number of fused-ring (bicyclic) bond motifs is 3. The predicted octanol–water partition coefficient (Wildman–Crippen LogP) is 1.88. The molecule has 0 bridgehead atoms. The van der Waals surface area contributed by atoms with Gasteiger partial charge in [-0.2, -0.15) is 0 Å². The molecule has 0 radical (unpaired) electrons. The van der Waals surface area contributed by atoms with Crippen molar-refractivity contribution in [2.75, 3.05) is 0 Å². The first-order valence-corrected chi connectivity index (χ1v) is 4.02. The van der Waals surface area contributed by atoms with Crippen molar-refractivity contribution in [2.24, 2.45) is 0 Å². The summed E-state index contributed by atoms with van der Waals surface area (Å²) < 4.78 is 2.47. The molecule has 0 unspecified atom stereocenters. The van der Waals surface area contributed by atoms with E-state index >= 15 is 0 Å². The van der Waals surface area contributed by atoms with Gasteiger partial charge in [-0.1, -0.05) is 13.8 Å². The summed E-state index contributed by atoms with van der Waals surface area (Å²) in [5, 5.41) is 0. The zero-order valence-corrected chi connectivity index (χ0v) is 6.44. The Morgan fingerprint density at radius 2 is 2.10 bits per heavy atom. The molecule has 1 aromatic heterocycles. The number of rotatable bonds is 1. The third-order valence-corrected chi connectivity index (χ3v) is 2.62. The number of nitrogens with zero attached hydrogens (tertiary/aromatic N) is 1. The van der Waals surface area contributed by atoms with Gasteiger partial charge in [0.1, 0.15) is 0 Å². The fourth-order valence-electron chi connectivity index (χ4n) is 2.08. The number of hydrogen-bond donors (Lipinski definition) is 0. The Bertz CT molecular complexity index is 290. The number of hydrogen-bond acceptors (Lipinski definition) is 0. The van der Waals surface area contributed by atoms with Crippen molar-refractivity contribution < 1.29 is 0 Å². The molecule has 1 aromatic rings. The SMILES string of the molecule is CC(C)c1c2c(c3n1C3)C2. The fourth-order valence-corrected chi connectivity index (χ4v) is 2.08. The standard InChI is InChI=1S/C9H11N/c1-5(2)9-7-3-6(7)8-4-10(8)9/h5H,3-4H2,1-2H3. The Morgan fingerprint density at radius 3 is 2.50 bits per heavy atom. The highest BCUT2D eigenvalue weighted by molar-refractivity contribution is 5.59. The van der Waals surface area contributed by atoms with Crippen LogP contribution in [0.5, 0.6) is 0 Å². The van der Waals surface area contributed by atoms with Crippen LogP contribution < -0.4 is 0 Å². The largest absolute Gasteiger partial charge is 0.340 e. The van der Waals surface area contributed by atoms with Gasteiger partial charge in [-0.15, -0.1) is 0 Å². The van der Waals surface area contributed by atoms with Crippen molar-refractivity contribution in [1.29, 1.82) is 0 Å². The Balaban J connectivity index is 2.24. The van der Waals surface area contributed by atoms with Gasteiger partial charge in [0.2, 0.25) is 0 Å². The summed E-state index contributed by atoms with van der Waals surface area (Å²) in [7, 11) is 0. The fraction of sp³-hybridized carbons (Fsp3) is 0.556. The first-order valence-electron chi connectivity index (χ1n) is 4.02. The highest BCUT2D eigenvalue weighted by Gasteiger charge is 2.39. The molecule has 1 heteroatoms. The molecule has 2 heterocycles. The van der Waals surface area contributed by atoms with Gasteiger partial charge in [0, 0.05) is 17.8 Å². The molecule has 1 aliphatic carbocycles. The average Bonchev–Trinajstić information content (AvgIpc) is 2.66. The van der Waals surface area contributed by atoms with Crippen LogP contribution in [-0.4, -0.2) is 4.57 Å². The van der Waals surface area contributed by atoms with Crippen LogP contribution >= 0.6 is 0 Å². The molecular weight excluding hydrogens is 122 g/mol. The van der Waals surface area contributed by atoms with E-state index in [1.165, 1.54) is 13.0 Å². The summed E-state index contributed by atoms with van der Waals surface area (Å²) in [6.45, 7) is 5.84. The van der Waals surface area contributed by atoms with Gasteiger partial charge < -0.3 is 4.57 Å². The first kappa shape index (κ1) is 5.00. The van der Waals surface area contributed by atoms with E-state index < -0.39 is 0 Å². The lowest BCUT2D eigenvalue weighted by molar-refractivity contribution is 0.787. The second-order valence-corrected chi connectivity index (χ2v) is 3.71. The second kappa shape index (κ2) is 1.18. The van der Waals surface area contributed by atoms with Gasteiger partial charge in [0.15, 0.2) is 0 Å². The van der Waals surface area contributed by atoms with Gasteiger partial charge in [-0.25, -0.2) is 0 Å². The summed E-state index contributed by atoms with van der Waals surface area (Å²) in [6, 6.07) is 0. The van der Waals surface area contributed by atoms with Gasteiger partial charge in [0.25, 0.3) is 0 Å². The highest BCUT2D eigenvalue weighted by atomic mass is 15.1. The van der Waals surface area contributed by atoms with Crippen LogP contribution in [0.4, 0.5) is 0 Å². The molecule has 2 aliphatic rings. The van der Waals surface area contributed by atoms with E-state index in [9.17, 15) is 0 Å². The second-order valence-electron chi connectivity index (χ2n) is 3.71. The molecule has 1 aliphatic heterocycles. The van der Waals surface area contributed by atoms with Gasteiger partial charge in [-0.05, 0) is 17.0 Å². The topological polar surface area (TPSA) is 4.93 Å². The third kappa shape index (κ3) is 0.386. The van der Waals surface area contributed by atoms with Crippen LogP contribution in [0.2, 0.25) is 0 Å². The maximum Gasteiger partial charge on any atom is 0.0632 e. The zero-order chi connectivity index (χ0) is 6.88. The average molecular weight is 133 g/mol. The van der Waals surface area contributed by atoms with Gasteiger partial charge >= 0.3 is 0 Å². The van der Waals surface area contributed by atoms with E-state index in [0.717, 1.165) is 5.92 Å². The molecule has 0 fully saturated rings. The maximum atomic E-state index is 2.47. The molecule has 0 aromatic carbocycles. The molecule has 1 nitrogen and oxygen atoms in total. The van der Waals surface area contributed by atoms with Crippen molar-refractivity contribution in [3.05, 3.63) is 22.5 Å². The Kier molecular flexibility index (Phi) is 0.590. The summed E-state index contributed by atoms with van der Waals surface area (Å²) >= 11 is 0. The lowest BCUT2D eigenvalue weighted by Crippen LogP contribution is -1.91. The van der Waals surface area contributed by atoms with Crippen molar-refractivity contribution in [3.63, 3.8) is 0 Å². The third-order valence-electron chi connectivity index (χ3n) is 2.62. The van der Waals surface area contributed by atoms with Gasteiger partial charge in [0.05, 0.1) is 6.54 Å². The van der Waals surface area contributed by atoms with Crippen LogP contribution in [0, 0.1) is 0 Å². The lowest BCUT2D eigenvalue weighted by atomic mass is 10.1. The minimum atomic E-state index is 0.743. The van der Waals surface area contributed by atoms with E-state index in [4.69, 9.17) is 0 Å². The van der Waals surface area contributed by atoms with Crippen LogP contribution in [0.25, 0.3) is 0 Å². The minimum Gasteiger partial charge on any atom is -0.340 e. The molecule has 3 rings (SSSR count). The van der Waals surface area contributed by atoms with E-state index in [1.54, 1.807) is 22.5 Å². The predicted molar refractivity (Wildman–Crippen MR) is 40.4 cm³/mol. The van der Waals surface area contributed by atoms with E-state index in [-0.39, 0.29) is 0 Å². The normalized spacial score (nSPS) is 17.1. The maximum absolute atomic E-state index is 2.47. The molecule has 0 saturated carbocycles. The van der Waals surface area contributed by atoms with Crippen molar-refractivity contribution in [2.45, 2.75) is 32.7 Å². The van der Waals surface area contributed by atoms with Crippen LogP contribution in [0.3, 0.4) is 0 Å². The van der Waals surface area contributed by atoms with Crippen LogP contribution in [0.15, 0.2) is 0 Å². The highest BCUT2D eigenvalue weighted by Crippen LogP contribution is 2.47. The molecule has 0 spiro atoms. The van der Waals surface area contributed by atoms with E-state index in [2.05, 4.69) is 18.4 Å². The summed E-state index contributed by atoms with van der Waals surface area (Å²) in [4.78, 5) is 0. The zero-order valence-electron chi connectivity index (χ0n) is 6.44. The molecular formula is C9H11N. The van der Waals surface area contributed by atoms with Crippen molar-refractivity contribution >= 4 is 0 Å². The first-order chi connectivity index (χ1) is 4.79. The molecule has 0 saturated heterocycles. The van der Waals surface area contributed by atoms with Crippen molar-refractivity contribution in [1.82, 2.24) is 4.57 Å². The summed E-state index contributed by atoms with van der Waals surface area (Å²) in [5.74, 6) is 0.743.